The molecule has 0 radical (unpaired) electrons. The Hall–Kier alpha value is -5.74. The van der Waals surface area contributed by atoms with E-state index < -0.39 is 12.2 Å². The average Bonchev–Trinajstić information content (AvgIpc) is 3.84. The second-order valence-electron chi connectivity index (χ2n) is 10.6. The molecule has 0 unspecified atom stereocenters. The molecule has 2 heterocycles. The van der Waals surface area contributed by atoms with Crippen LogP contribution in [0.5, 0.6) is 11.5 Å². The number of thioether (sulfide) groups is 2. The van der Waals surface area contributed by atoms with Crippen LogP contribution in [0.25, 0.3) is 0 Å². The van der Waals surface area contributed by atoms with Crippen LogP contribution in [0.2, 0.25) is 0 Å². The van der Waals surface area contributed by atoms with Gasteiger partial charge >= 0.3 is 12.2 Å². The van der Waals surface area contributed by atoms with Crippen LogP contribution in [-0.4, -0.2) is 70.2 Å². The minimum Gasteiger partial charge on any atom is -0.410 e. The first-order valence-electron chi connectivity index (χ1n) is 15.6. The highest BCUT2D eigenvalue weighted by Crippen LogP contribution is 2.29. The Balaban J connectivity index is 0.000000198. The summed E-state index contributed by atoms with van der Waals surface area (Å²) in [5.41, 5.74) is 0.407. The molecule has 14 nitrogen and oxygen atoms in total. The molecule has 2 N–H and O–H groups in total. The lowest BCUT2D eigenvalue weighted by Gasteiger charge is -2.10. The van der Waals surface area contributed by atoms with Crippen LogP contribution in [0.1, 0.15) is 61.1 Å². The lowest BCUT2D eigenvalue weighted by Crippen LogP contribution is -2.28. The zero-order chi connectivity index (χ0) is 36.0. The van der Waals surface area contributed by atoms with Crippen molar-refractivity contribution >= 4 is 58.8 Å². The number of hydrogen-bond acceptors (Lipinski definition) is 14. The zero-order valence-corrected chi connectivity index (χ0v) is 28.5. The van der Waals surface area contributed by atoms with Gasteiger partial charge < -0.3 is 29.2 Å². The van der Waals surface area contributed by atoms with Gasteiger partial charge in [0.15, 0.2) is 0 Å². The highest BCUT2D eigenvalue weighted by Gasteiger charge is 2.30. The van der Waals surface area contributed by atoms with E-state index >= 15 is 0 Å². The van der Waals surface area contributed by atoms with E-state index in [9.17, 15) is 28.8 Å². The highest BCUT2D eigenvalue weighted by atomic mass is 32.2. The number of amides is 2. The van der Waals surface area contributed by atoms with Crippen molar-refractivity contribution in [3.05, 3.63) is 118 Å². The van der Waals surface area contributed by atoms with Gasteiger partial charge in [-0.25, -0.2) is 9.59 Å². The Morgan fingerprint density at radius 1 is 0.608 bits per heavy atom. The fourth-order valence-electron chi connectivity index (χ4n) is 4.45. The number of benzene rings is 2. The first-order chi connectivity index (χ1) is 24.8. The molecule has 2 aliphatic carbocycles. The number of carbonyl (C=O) groups is 6. The summed E-state index contributed by atoms with van der Waals surface area (Å²) in [4.78, 5) is 72.0. The molecule has 0 aliphatic heterocycles. The summed E-state index contributed by atoms with van der Waals surface area (Å²) in [6.07, 6.45) is 6.15. The van der Waals surface area contributed by atoms with Crippen LogP contribution in [0.4, 0.5) is 9.59 Å². The lowest BCUT2D eigenvalue weighted by atomic mass is 10.0. The van der Waals surface area contributed by atoms with Gasteiger partial charge in [0.05, 0.1) is 33.3 Å². The number of unbranched alkanes of at least 4 members (excludes halogenated alkanes) is 1. The molecule has 2 aromatic heterocycles. The van der Waals surface area contributed by atoms with Crippen molar-refractivity contribution in [1.82, 2.24) is 20.9 Å². The second kappa shape index (κ2) is 18.3. The average molecular weight is 731 g/mol. The molecule has 0 saturated heterocycles. The SMILES string of the molecule is O=C(NCCCCSC1=CC(=O)c2oncc2C1=O)Oc1ccccc1.O=C(NCCCSC1=CC(=O)c2oncc2C1=O)Oc1ccccc1. The Morgan fingerprint density at radius 3 is 1.51 bits per heavy atom. The third-order valence-electron chi connectivity index (χ3n) is 6.90. The third kappa shape index (κ3) is 10.4. The summed E-state index contributed by atoms with van der Waals surface area (Å²) in [6, 6.07) is 17.6. The summed E-state index contributed by atoms with van der Waals surface area (Å²) in [5, 5.41) is 12.3. The number of rotatable bonds is 13. The van der Waals surface area contributed by atoms with Crippen molar-refractivity contribution in [2.24, 2.45) is 0 Å². The van der Waals surface area contributed by atoms with Crippen LogP contribution < -0.4 is 20.1 Å². The van der Waals surface area contributed by atoms with Crippen molar-refractivity contribution in [3.63, 3.8) is 0 Å². The number of aromatic nitrogens is 2. The van der Waals surface area contributed by atoms with Crippen molar-refractivity contribution in [2.75, 3.05) is 24.6 Å². The molecule has 0 spiro atoms. The van der Waals surface area contributed by atoms with Gasteiger partial charge in [0, 0.05) is 25.2 Å². The van der Waals surface area contributed by atoms with Crippen LogP contribution in [-0.2, 0) is 0 Å². The van der Waals surface area contributed by atoms with Crippen molar-refractivity contribution in [1.29, 1.82) is 0 Å². The molecule has 6 rings (SSSR count). The van der Waals surface area contributed by atoms with Gasteiger partial charge in [-0.15, -0.1) is 23.5 Å². The number of Topliss-reactive ketones (excluding diaryl/α,β-unsaturated/α-hetero) is 2. The summed E-state index contributed by atoms with van der Waals surface area (Å²) in [7, 11) is 0. The molecular weight excluding hydrogens is 701 g/mol. The van der Waals surface area contributed by atoms with Crippen molar-refractivity contribution in [3.8, 4) is 11.5 Å². The third-order valence-corrected chi connectivity index (χ3v) is 9.12. The minimum atomic E-state index is -0.534. The molecule has 2 aliphatic rings. The van der Waals surface area contributed by atoms with Crippen molar-refractivity contribution < 1.29 is 47.3 Å². The molecule has 0 fully saturated rings. The van der Waals surface area contributed by atoms with E-state index in [1.807, 2.05) is 12.1 Å². The number of carbonyl (C=O) groups excluding carboxylic acids is 6. The van der Waals surface area contributed by atoms with Gasteiger partial charge in [0.2, 0.25) is 34.7 Å². The topological polar surface area (TPSA) is 197 Å². The fourth-order valence-corrected chi connectivity index (χ4v) is 6.39. The molecule has 0 atom stereocenters. The number of ketones is 4. The summed E-state index contributed by atoms with van der Waals surface area (Å²) >= 11 is 2.58. The number of nitrogens with one attached hydrogen (secondary N) is 2. The molecule has 4 aromatic rings. The smallest absolute Gasteiger partial charge is 0.410 e. The quantitative estimate of drug-likeness (QED) is 0.150. The number of nitrogens with zero attached hydrogens (tertiary/aromatic N) is 2. The predicted molar refractivity (Wildman–Crippen MR) is 186 cm³/mol. The maximum atomic E-state index is 12.2. The molecular formula is C35H30N4O10S2. The number of ether oxygens (including phenoxy) is 2. The van der Waals surface area contributed by atoms with E-state index in [0.717, 1.165) is 12.8 Å². The maximum absolute atomic E-state index is 12.2. The monoisotopic (exact) mass is 730 g/mol. The number of fused-ring (bicyclic) bond motifs is 2. The highest BCUT2D eigenvalue weighted by molar-refractivity contribution is 8.04. The normalized spacial score (nSPS) is 13.2. The van der Waals surface area contributed by atoms with Gasteiger partial charge in [-0.2, -0.15) is 0 Å². The van der Waals surface area contributed by atoms with Crippen LogP contribution >= 0.6 is 23.5 Å². The van der Waals surface area contributed by atoms with Gasteiger partial charge in [0.1, 0.15) is 11.5 Å². The van der Waals surface area contributed by atoms with E-state index in [1.165, 1.54) is 48.1 Å². The van der Waals surface area contributed by atoms with E-state index in [-0.39, 0.29) is 45.8 Å². The second-order valence-corrected chi connectivity index (χ2v) is 12.8. The Kier molecular flexibility index (Phi) is 13.1. The van der Waals surface area contributed by atoms with Crippen LogP contribution in [0, 0.1) is 0 Å². The van der Waals surface area contributed by atoms with Crippen LogP contribution in [0.3, 0.4) is 0 Å². The molecule has 16 heteroatoms. The maximum Gasteiger partial charge on any atom is 0.412 e. The van der Waals surface area contributed by atoms with Gasteiger partial charge in [-0.3, -0.25) is 19.2 Å². The largest absolute Gasteiger partial charge is 0.412 e. The van der Waals surface area contributed by atoms with E-state index in [0.29, 0.717) is 52.3 Å². The summed E-state index contributed by atoms with van der Waals surface area (Å²) in [6.45, 7) is 0.862. The first kappa shape index (κ1) is 36.5. The number of hydrogen-bond donors (Lipinski definition) is 2. The summed E-state index contributed by atoms with van der Waals surface area (Å²) < 4.78 is 19.7. The fraction of sp³-hybridized carbons (Fsp3) is 0.200. The van der Waals surface area contributed by atoms with Gasteiger partial charge in [0.25, 0.3) is 0 Å². The molecule has 2 aromatic carbocycles. The minimum absolute atomic E-state index is 0.000443. The lowest BCUT2D eigenvalue weighted by molar-refractivity contribution is 0.0967. The molecule has 262 valence electrons. The Labute approximate surface area is 299 Å². The van der Waals surface area contributed by atoms with E-state index in [4.69, 9.17) is 18.5 Å². The Bertz CT molecular complexity index is 1950. The molecule has 51 heavy (non-hydrogen) atoms. The Morgan fingerprint density at radius 2 is 1.04 bits per heavy atom. The summed E-state index contributed by atoms with van der Waals surface area (Å²) in [5.74, 6) is 0.950. The van der Waals surface area contributed by atoms with Gasteiger partial charge in [-0.1, -0.05) is 46.7 Å². The number of para-hydroxylation sites is 2. The van der Waals surface area contributed by atoms with Crippen molar-refractivity contribution in [2.45, 2.75) is 19.3 Å². The van der Waals surface area contributed by atoms with Gasteiger partial charge in [-0.05, 0) is 55.0 Å². The van der Waals surface area contributed by atoms with E-state index in [1.54, 1.807) is 48.5 Å². The molecule has 0 saturated carbocycles. The predicted octanol–water partition coefficient (Wildman–Crippen LogP) is 6.09. The number of allylic oxidation sites excluding steroid dienone is 4. The first-order valence-corrected chi connectivity index (χ1v) is 17.5. The molecule has 0 bridgehead atoms. The van der Waals surface area contributed by atoms with Crippen LogP contribution in [0.15, 0.2) is 104 Å². The van der Waals surface area contributed by atoms with E-state index in [2.05, 4.69) is 20.9 Å². The zero-order valence-electron chi connectivity index (χ0n) is 26.8. The molecule has 2 amide bonds. The standard InChI is InChI=1S/C18H16N2O5S.C17H14N2O5S/c21-14-10-15(16(22)13-11-20-25-17(13)14)26-9-5-4-8-19-18(23)24-12-6-2-1-3-7-12;20-13-9-14(15(21)12-10-19-24-16(12)13)25-8-4-7-18-17(22)23-11-5-2-1-3-6-11/h1-3,6-7,10-11H,4-5,8-9H2,(H,19,23);1-3,5-6,9-10H,4,7-8H2,(H,18,22).